The summed E-state index contributed by atoms with van der Waals surface area (Å²) >= 11 is 0. The van der Waals surface area contributed by atoms with Crippen molar-refractivity contribution in [1.29, 1.82) is 0 Å². The number of ether oxygens (including phenoxy) is 1. The lowest BCUT2D eigenvalue weighted by atomic mass is 10.0. The first-order valence-corrected chi connectivity index (χ1v) is 9.32. The smallest absolute Gasteiger partial charge is 0.254 e. The van der Waals surface area contributed by atoms with Crippen LogP contribution in [0.5, 0.6) is 5.75 Å². The summed E-state index contributed by atoms with van der Waals surface area (Å²) in [5.41, 5.74) is 3.87. The van der Waals surface area contributed by atoms with Crippen LogP contribution in [0.4, 0.5) is 5.82 Å². The number of fused-ring (bicyclic) bond motifs is 2. The van der Waals surface area contributed by atoms with Gasteiger partial charge < -0.3 is 20.3 Å². The molecule has 1 fully saturated rings. The van der Waals surface area contributed by atoms with Crippen LogP contribution in [0.2, 0.25) is 0 Å². The highest BCUT2D eigenvalue weighted by atomic mass is 16.5. The van der Waals surface area contributed by atoms with Gasteiger partial charge in [-0.25, -0.2) is 4.98 Å². The van der Waals surface area contributed by atoms with Gasteiger partial charge in [0.15, 0.2) is 11.6 Å². The monoisotopic (exact) mass is 350 g/mol. The van der Waals surface area contributed by atoms with E-state index in [1.54, 1.807) is 0 Å². The number of hydrogen-bond acceptors (Lipinski definition) is 5. The molecule has 0 spiro atoms. The van der Waals surface area contributed by atoms with E-state index in [2.05, 4.69) is 16.7 Å². The SMILES string of the molecule is O=C1c2ccc(-c3ccc4c(n3)NCCO4)cc2CN1C1CCCNC1. The number of nitrogens with one attached hydrogen (secondary N) is 2. The molecule has 0 radical (unpaired) electrons. The van der Waals surface area contributed by atoms with E-state index >= 15 is 0 Å². The van der Waals surface area contributed by atoms with E-state index in [4.69, 9.17) is 9.72 Å². The molecule has 2 N–H and O–H groups in total. The zero-order valence-electron chi connectivity index (χ0n) is 14.6. The van der Waals surface area contributed by atoms with E-state index in [1.807, 2.05) is 29.2 Å². The van der Waals surface area contributed by atoms with Crippen LogP contribution in [0.3, 0.4) is 0 Å². The summed E-state index contributed by atoms with van der Waals surface area (Å²) in [7, 11) is 0. The maximum absolute atomic E-state index is 12.8. The molecule has 0 aliphatic carbocycles. The summed E-state index contributed by atoms with van der Waals surface area (Å²) in [6.45, 7) is 4.08. The Bertz CT molecular complexity index is 861. The third-order valence-corrected chi connectivity index (χ3v) is 5.45. The molecular weight excluding hydrogens is 328 g/mol. The molecule has 0 bridgehead atoms. The van der Waals surface area contributed by atoms with Gasteiger partial charge in [0.25, 0.3) is 5.91 Å². The van der Waals surface area contributed by atoms with Crippen LogP contribution >= 0.6 is 0 Å². The minimum absolute atomic E-state index is 0.161. The fourth-order valence-electron chi connectivity index (χ4n) is 4.08. The van der Waals surface area contributed by atoms with Crippen molar-refractivity contribution in [3.8, 4) is 17.0 Å². The fourth-order valence-corrected chi connectivity index (χ4v) is 4.08. The highest BCUT2D eigenvalue weighted by Crippen LogP contribution is 2.33. The molecule has 1 aromatic carbocycles. The number of rotatable bonds is 2. The Labute approximate surface area is 152 Å². The van der Waals surface area contributed by atoms with Crippen LogP contribution in [0.15, 0.2) is 30.3 Å². The first-order valence-electron chi connectivity index (χ1n) is 9.32. The van der Waals surface area contributed by atoms with Crippen molar-refractivity contribution in [3.05, 3.63) is 41.5 Å². The Morgan fingerprint density at radius 1 is 1.19 bits per heavy atom. The van der Waals surface area contributed by atoms with Crippen molar-refractivity contribution in [2.24, 2.45) is 0 Å². The van der Waals surface area contributed by atoms with E-state index < -0.39 is 0 Å². The molecule has 0 saturated carbocycles. The molecule has 3 aliphatic heterocycles. The first-order chi connectivity index (χ1) is 12.8. The molecule has 5 rings (SSSR count). The Morgan fingerprint density at radius 3 is 3.04 bits per heavy atom. The second-order valence-electron chi connectivity index (χ2n) is 7.12. The number of nitrogens with zero attached hydrogens (tertiary/aromatic N) is 2. The van der Waals surface area contributed by atoms with Crippen molar-refractivity contribution >= 4 is 11.7 Å². The van der Waals surface area contributed by atoms with Gasteiger partial charge in [-0.05, 0) is 49.2 Å². The van der Waals surface area contributed by atoms with Crippen LogP contribution in [-0.4, -0.2) is 48.1 Å². The predicted molar refractivity (Wildman–Crippen MR) is 99.4 cm³/mol. The number of amides is 1. The number of anilines is 1. The molecule has 6 heteroatoms. The van der Waals surface area contributed by atoms with Gasteiger partial charge >= 0.3 is 0 Å². The first kappa shape index (κ1) is 15.6. The number of hydrogen-bond donors (Lipinski definition) is 2. The summed E-state index contributed by atoms with van der Waals surface area (Å²) in [4.78, 5) is 19.5. The molecule has 1 aromatic heterocycles. The third-order valence-electron chi connectivity index (χ3n) is 5.45. The van der Waals surface area contributed by atoms with Crippen LogP contribution in [0, 0.1) is 0 Å². The van der Waals surface area contributed by atoms with E-state index in [0.29, 0.717) is 19.2 Å². The fraction of sp³-hybridized carbons (Fsp3) is 0.400. The lowest BCUT2D eigenvalue weighted by Gasteiger charge is -2.31. The molecule has 1 unspecified atom stereocenters. The minimum atomic E-state index is 0.161. The van der Waals surface area contributed by atoms with Crippen molar-refractivity contribution in [2.75, 3.05) is 31.6 Å². The average molecular weight is 350 g/mol. The molecule has 1 atom stereocenters. The second-order valence-corrected chi connectivity index (χ2v) is 7.12. The van der Waals surface area contributed by atoms with E-state index in [1.165, 1.54) is 0 Å². The van der Waals surface area contributed by atoms with Gasteiger partial charge in [-0.2, -0.15) is 0 Å². The number of benzene rings is 1. The van der Waals surface area contributed by atoms with Gasteiger partial charge in [0, 0.05) is 30.3 Å². The molecule has 2 aromatic rings. The molecule has 134 valence electrons. The Hall–Kier alpha value is -2.60. The van der Waals surface area contributed by atoms with Crippen LogP contribution in [0.1, 0.15) is 28.8 Å². The average Bonchev–Trinajstić information content (AvgIpc) is 3.04. The van der Waals surface area contributed by atoms with Crippen molar-refractivity contribution in [1.82, 2.24) is 15.2 Å². The maximum Gasteiger partial charge on any atom is 0.254 e. The molecule has 1 saturated heterocycles. The lowest BCUT2D eigenvalue weighted by molar-refractivity contribution is 0.0674. The summed E-state index contributed by atoms with van der Waals surface area (Å²) in [6.07, 6.45) is 2.21. The van der Waals surface area contributed by atoms with Gasteiger partial charge in [-0.3, -0.25) is 4.79 Å². The largest absolute Gasteiger partial charge is 0.488 e. The molecular formula is C20H22N4O2. The topological polar surface area (TPSA) is 66.5 Å². The van der Waals surface area contributed by atoms with Crippen molar-refractivity contribution in [2.45, 2.75) is 25.4 Å². The predicted octanol–water partition coefficient (Wildman–Crippen LogP) is 2.26. The normalized spacial score (nSPS) is 21.6. The highest BCUT2D eigenvalue weighted by molar-refractivity contribution is 5.99. The summed E-state index contributed by atoms with van der Waals surface area (Å²) in [5.74, 6) is 1.75. The van der Waals surface area contributed by atoms with Gasteiger partial charge in [0.1, 0.15) is 6.61 Å². The Morgan fingerprint density at radius 2 is 2.15 bits per heavy atom. The van der Waals surface area contributed by atoms with Crippen LogP contribution < -0.4 is 15.4 Å². The number of aromatic nitrogens is 1. The highest BCUT2D eigenvalue weighted by Gasteiger charge is 2.33. The number of pyridine rings is 1. The number of carbonyl (C=O) groups is 1. The standard InChI is InChI=1S/C20H22N4O2/c25-20-16-4-3-13(17-5-6-18-19(23-17)22-8-9-26-18)10-14(16)12-24(20)15-2-1-7-21-11-15/h3-6,10,15,21H,1-2,7-9,11-12H2,(H,22,23). The van der Waals surface area contributed by atoms with Crippen molar-refractivity contribution < 1.29 is 9.53 Å². The molecule has 26 heavy (non-hydrogen) atoms. The van der Waals surface area contributed by atoms with Gasteiger partial charge in [0.2, 0.25) is 0 Å². The zero-order chi connectivity index (χ0) is 17.5. The van der Waals surface area contributed by atoms with Crippen molar-refractivity contribution in [3.63, 3.8) is 0 Å². The summed E-state index contributed by atoms with van der Waals surface area (Å²) < 4.78 is 5.60. The number of piperidine rings is 1. The zero-order valence-corrected chi connectivity index (χ0v) is 14.6. The van der Waals surface area contributed by atoms with E-state index in [9.17, 15) is 4.79 Å². The van der Waals surface area contributed by atoms with E-state index in [-0.39, 0.29) is 5.91 Å². The quantitative estimate of drug-likeness (QED) is 0.870. The summed E-state index contributed by atoms with van der Waals surface area (Å²) in [6, 6.07) is 10.3. The Balaban J connectivity index is 1.43. The van der Waals surface area contributed by atoms with Gasteiger partial charge in [0.05, 0.1) is 12.2 Å². The lowest BCUT2D eigenvalue weighted by Crippen LogP contribution is -2.46. The molecule has 3 aliphatic rings. The summed E-state index contributed by atoms with van der Waals surface area (Å²) in [5, 5.41) is 6.68. The Kier molecular flexibility index (Phi) is 3.78. The third kappa shape index (κ3) is 2.61. The molecule has 4 heterocycles. The molecule has 6 nitrogen and oxygen atoms in total. The molecule has 1 amide bonds. The minimum Gasteiger partial charge on any atom is -0.488 e. The maximum atomic E-state index is 12.8. The number of carbonyl (C=O) groups excluding carboxylic acids is 1. The second kappa shape index (κ2) is 6.29. The van der Waals surface area contributed by atoms with Gasteiger partial charge in [-0.1, -0.05) is 6.07 Å². The van der Waals surface area contributed by atoms with Gasteiger partial charge in [-0.15, -0.1) is 0 Å². The van der Waals surface area contributed by atoms with E-state index in [0.717, 1.165) is 66.4 Å². The van der Waals surface area contributed by atoms with Crippen LogP contribution in [-0.2, 0) is 6.54 Å². The van der Waals surface area contributed by atoms with Crippen LogP contribution in [0.25, 0.3) is 11.3 Å².